The zero-order valence-electron chi connectivity index (χ0n) is 22.9. The van der Waals surface area contributed by atoms with E-state index >= 15 is 0 Å². The number of ketones is 1. The molecule has 8 nitrogen and oxygen atoms in total. The number of amides is 3. The molecule has 3 saturated heterocycles. The first kappa shape index (κ1) is 26.7. The highest BCUT2D eigenvalue weighted by atomic mass is 16.2. The minimum Gasteiger partial charge on any atom is -0.372 e. The van der Waals surface area contributed by atoms with Gasteiger partial charge in [-0.25, -0.2) is 0 Å². The number of nitrogens with one attached hydrogen (secondary N) is 1. The van der Waals surface area contributed by atoms with Gasteiger partial charge < -0.3 is 20.0 Å². The van der Waals surface area contributed by atoms with Gasteiger partial charge >= 0.3 is 0 Å². The van der Waals surface area contributed by atoms with Crippen molar-refractivity contribution >= 4 is 29.2 Å². The topological polar surface area (TPSA) is 90.0 Å². The zero-order chi connectivity index (χ0) is 26.8. The van der Waals surface area contributed by atoms with Gasteiger partial charge in [0.25, 0.3) is 5.91 Å². The van der Waals surface area contributed by atoms with E-state index in [1.54, 1.807) is 9.80 Å². The van der Waals surface area contributed by atoms with Crippen LogP contribution in [0.25, 0.3) is 0 Å². The van der Waals surface area contributed by atoms with Gasteiger partial charge in [-0.15, -0.1) is 0 Å². The standard InChI is InChI=1S/C30H42N4O4/c1-20(2)18-24(31-28(36)21-10-12-23(13-11-21)32-15-6-7-16-32)30(38)33-17-14-25-27(33)26(35)19-34(25)29(37)22-8-4-3-5-9-22/h10-13,20,22,24-25,27H,3-9,14-19H2,1-2H3,(H,31,36). The second-order valence-corrected chi connectivity index (χ2v) is 12.0. The Hall–Kier alpha value is -2.90. The molecular weight excluding hydrogens is 480 g/mol. The summed E-state index contributed by atoms with van der Waals surface area (Å²) in [6.45, 7) is 6.65. The molecule has 1 saturated carbocycles. The van der Waals surface area contributed by atoms with Crippen molar-refractivity contribution in [3.05, 3.63) is 29.8 Å². The lowest BCUT2D eigenvalue weighted by molar-refractivity contribution is -0.138. The van der Waals surface area contributed by atoms with Gasteiger partial charge in [-0.2, -0.15) is 0 Å². The van der Waals surface area contributed by atoms with Crippen LogP contribution >= 0.6 is 0 Å². The molecule has 0 aromatic heterocycles. The van der Waals surface area contributed by atoms with Gasteiger partial charge in [-0.05, 0) is 68.7 Å². The molecule has 3 amide bonds. The Morgan fingerprint density at radius 1 is 0.895 bits per heavy atom. The molecule has 4 fully saturated rings. The number of anilines is 1. The minimum atomic E-state index is -0.713. The van der Waals surface area contributed by atoms with E-state index in [1.165, 1.54) is 19.3 Å². The Morgan fingerprint density at radius 3 is 2.24 bits per heavy atom. The number of rotatable bonds is 7. The number of benzene rings is 1. The summed E-state index contributed by atoms with van der Waals surface area (Å²) >= 11 is 0. The third-order valence-electron chi connectivity index (χ3n) is 8.85. The third kappa shape index (κ3) is 5.45. The SMILES string of the molecule is CC(C)CC(NC(=O)c1ccc(N2CCCC2)cc1)C(=O)N1CCC2C1C(=O)CN2C(=O)C1CCCCC1. The van der Waals surface area contributed by atoms with Crippen molar-refractivity contribution in [1.29, 1.82) is 0 Å². The zero-order valence-corrected chi connectivity index (χ0v) is 22.9. The Bertz CT molecular complexity index is 1040. The van der Waals surface area contributed by atoms with Gasteiger partial charge in [0.05, 0.1) is 12.6 Å². The van der Waals surface area contributed by atoms with Crippen LogP contribution < -0.4 is 10.2 Å². The summed E-state index contributed by atoms with van der Waals surface area (Å²) in [5, 5.41) is 2.98. The molecule has 3 atom stereocenters. The molecule has 38 heavy (non-hydrogen) atoms. The van der Waals surface area contributed by atoms with E-state index in [2.05, 4.69) is 10.2 Å². The summed E-state index contributed by atoms with van der Waals surface area (Å²) in [4.78, 5) is 59.1. The molecule has 3 heterocycles. The fourth-order valence-electron chi connectivity index (χ4n) is 6.88. The Balaban J connectivity index is 1.26. The number of nitrogens with zero attached hydrogens (tertiary/aromatic N) is 3. The maximum atomic E-state index is 13.8. The maximum absolute atomic E-state index is 13.8. The van der Waals surface area contributed by atoms with Crippen molar-refractivity contribution in [2.75, 3.05) is 31.1 Å². The van der Waals surface area contributed by atoms with Crippen LogP contribution in [0.4, 0.5) is 5.69 Å². The predicted octanol–water partition coefficient (Wildman–Crippen LogP) is 3.39. The number of carbonyl (C=O) groups is 4. The second-order valence-electron chi connectivity index (χ2n) is 12.0. The normalized spacial score (nSPS) is 24.7. The fourth-order valence-corrected chi connectivity index (χ4v) is 6.88. The quantitative estimate of drug-likeness (QED) is 0.593. The van der Waals surface area contributed by atoms with Gasteiger partial charge in [0, 0.05) is 36.8 Å². The van der Waals surface area contributed by atoms with Crippen molar-refractivity contribution < 1.29 is 19.2 Å². The van der Waals surface area contributed by atoms with Gasteiger partial charge in [0.15, 0.2) is 5.78 Å². The van der Waals surface area contributed by atoms with Crippen molar-refractivity contribution in [2.24, 2.45) is 11.8 Å². The Labute approximate surface area is 226 Å². The van der Waals surface area contributed by atoms with Crippen LogP contribution in [-0.2, 0) is 14.4 Å². The highest BCUT2D eigenvalue weighted by Gasteiger charge is 2.52. The molecule has 5 rings (SSSR count). The number of carbonyl (C=O) groups excluding carboxylic acids is 4. The molecule has 8 heteroatoms. The summed E-state index contributed by atoms with van der Waals surface area (Å²) in [6, 6.07) is 6.03. The molecule has 206 valence electrons. The van der Waals surface area contributed by atoms with E-state index in [4.69, 9.17) is 0 Å². The van der Waals surface area contributed by atoms with E-state index in [0.29, 0.717) is 24.9 Å². The summed E-state index contributed by atoms with van der Waals surface area (Å²) in [7, 11) is 0. The minimum absolute atomic E-state index is 0.00452. The summed E-state index contributed by atoms with van der Waals surface area (Å²) < 4.78 is 0. The van der Waals surface area contributed by atoms with Crippen LogP contribution in [0.3, 0.4) is 0 Å². The average Bonchev–Trinajstić information content (AvgIpc) is 3.67. The first-order valence-corrected chi connectivity index (χ1v) is 14.6. The van der Waals surface area contributed by atoms with Gasteiger partial charge in [0.1, 0.15) is 12.1 Å². The molecule has 1 N–H and O–H groups in total. The third-order valence-corrected chi connectivity index (χ3v) is 8.85. The van der Waals surface area contributed by atoms with Crippen LogP contribution in [0.5, 0.6) is 0 Å². The average molecular weight is 523 g/mol. The molecule has 1 aromatic rings. The van der Waals surface area contributed by atoms with Gasteiger partial charge in [-0.1, -0.05) is 33.1 Å². The second kappa shape index (κ2) is 11.5. The molecule has 0 radical (unpaired) electrons. The number of likely N-dealkylation sites (tertiary alicyclic amines) is 2. The Kier molecular flexibility index (Phi) is 8.05. The first-order valence-electron chi connectivity index (χ1n) is 14.6. The lowest BCUT2D eigenvalue weighted by Crippen LogP contribution is -2.53. The van der Waals surface area contributed by atoms with Crippen molar-refractivity contribution in [1.82, 2.24) is 15.1 Å². The van der Waals surface area contributed by atoms with Crippen LogP contribution in [0.15, 0.2) is 24.3 Å². The molecular formula is C30H42N4O4. The molecule has 1 aromatic carbocycles. The van der Waals surface area contributed by atoms with Gasteiger partial charge in [-0.3, -0.25) is 19.2 Å². The van der Waals surface area contributed by atoms with E-state index in [0.717, 1.165) is 44.5 Å². The fraction of sp³-hybridized carbons (Fsp3) is 0.667. The van der Waals surface area contributed by atoms with Crippen LogP contribution in [0, 0.1) is 11.8 Å². The van der Waals surface area contributed by atoms with Crippen molar-refractivity contribution in [3.63, 3.8) is 0 Å². The summed E-state index contributed by atoms with van der Waals surface area (Å²) in [6.07, 6.45) is 8.56. The van der Waals surface area contributed by atoms with Crippen molar-refractivity contribution in [3.8, 4) is 0 Å². The number of hydrogen-bond donors (Lipinski definition) is 1. The number of fused-ring (bicyclic) bond motifs is 1. The molecule has 3 unspecified atom stereocenters. The highest BCUT2D eigenvalue weighted by Crippen LogP contribution is 2.34. The largest absolute Gasteiger partial charge is 0.372 e. The monoisotopic (exact) mass is 522 g/mol. The lowest BCUT2D eigenvalue weighted by atomic mass is 9.88. The molecule has 0 bridgehead atoms. The highest BCUT2D eigenvalue weighted by molar-refractivity contribution is 6.01. The Morgan fingerprint density at radius 2 is 1.58 bits per heavy atom. The van der Waals surface area contributed by atoms with Gasteiger partial charge in [0.2, 0.25) is 11.8 Å². The van der Waals surface area contributed by atoms with E-state index in [-0.39, 0.29) is 47.9 Å². The molecule has 3 aliphatic heterocycles. The molecule has 1 aliphatic carbocycles. The number of Topliss-reactive ketones (excluding diaryl/α,β-unsaturated/α-hetero) is 1. The lowest BCUT2D eigenvalue weighted by Gasteiger charge is -2.30. The van der Waals surface area contributed by atoms with E-state index < -0.39 is 12.1 Å². The summed E-state index contributed by atoms with van der Waals surface area (Å²) in [5.74, 6) is -0.275. The molecule has 0 spiro atoms. The van der Waals surface area contributed by atoms with Crippen LogP contribution in [-0.4, -0.2) is 77.6 Å². The summed E-state index contributed by atoms with van der Waals surface area (Å²) in [5.41, 5.74) is 1.64. The van der Waals surface area contributed by atoms with Crippen molar-refractivity contribution in [2.45, 2.75) is 89.8 Å². The van der Waals surface area contributed by atoms with Crippen LogP contribution in [0.1, 0.15) is 82.0 Å². The smallest absolute Gasteiger partial charge is 0.251 e. The van der Waals surface area contributed by atoms with E-state index in [9.17, 15) is 19.2 Å². The predicted molar refractivity (Wildman–Crippen MR) is 146 cm³/mol. The first-order chi connectivity index (χ1) is 18.3. The van der Waals surface area contributed by atoms with Crippen LogP contribution in [0.2, 0.25) is 0 Å². The number of hydrogen-bond acceptors (Lipinski definition) is 5. The maximum Gasteiger partial charge on any atom is 0.251 e. The van der Waals surface area contributed by atoms with E-state index in [1.807, 2.05) is 38.1 Å². The molecule has 4 aliphatic rings.